The molecule has 1 aliphatic carbocycles. The Morgan fingerprint density at radius 1 is 1.07 bits per heavy atom. The number of benzene rings is 2. The first kappa shape index (κ1) is 18.6. The number of carbonyl (C=O) groups is 1. The van der Waals surface area contributed by atoms with Crippen molar-refractivity contribution in [1.82, 2.24) is 10.0 Å². The quantitative estimate of drug-likeness (QED) is 0.648. The summed E-state index contributed by atoms with van der Waals surface area (Å²) in [6, 6.07) is 17.7. The van der Waals surface area contributed by atoms with Gasteiger partial charge in [0.15, 0.2) is 0 Å². The van der Waals surface area contributed by atoms with Crippen molar-refractivity contribution in [2.24, 2.45) is 5.92 Å². The molecular weight excluding hydrogens is 356 g/mol. The van der Waals surface area contributed by atoms with Crippen LogP contribution in [0.5, 0.6) is 0 Å². The molecule has 5 rings (SSSR count). The Labute approximate surface area is 174 Å². The topological polar surface area (TPSA) is 23.6 Å². The van der Waals surface area contributed by atoms with Crippen LogP contribution in [0.25, 0.3) is 6.08 Å². The average Bonchev–Trinajstić information content (AvgIpc) is 3.23. The summed E-state index contributed by atoms with van der Waals surface area (Å²) in [5, 5.41) is 4.38. The smallest absolute Gasteiger partial charge is 0.243 e. The predicted molar refractivity (Wildman–Crippen MR) is 117 cm³/mol. The average molecular weight is 387 g/mol. The monoisotopic (exact) mass is 386 g/mol. The van der Waals surface area contributed by atoms with E-state index in [4.69, 9.17) is 0 Å². The highest BCUT2D eigenvalue weighted by molar-refractivity contribution is 5.83. The van der Waals surface area contributed by atoms with Crippen LogP contribution in [-0.2, 0) is 16.6 Å². The number of hydrazine groups is 1. The third-order valence-electron chi connectivity index (χ3n) is 6.81. The zero-order valence-corrected chi connectivity index (χ0v) is 18.1. The Bertz CT molecular complexity index is 1010. The SMILES string of the molecule is CC(C)(C)c1ccc2c(c1)CC1/C(=C\c3ccccc3)N3C(=O)CC(C)(C)N3C21. The van der Waals surface area contributed by atoms with Crippen LogP contribution in [0.4, 0.5) is 0 Å². The standard InChI is InChI=1S/C26H30N2O/c1-25(2,3)19-11-12-20-18(14-19)15-21-22(13-17-9-7-6-8-10-17)27-23(29)16-26(4,5)28(27)24(20)21/h6-14,21,24H,15-16H2,1-5H3/b22-13+. The minimum absolute atomic E-state index is 0.143. The van der Waals surface area contributed by atoms with Gasteiger partial charge in [-0.15, -0.1) is 0 Å². The number of rotatable bonds is 1. The van der Waals surface area contributed by atoms with Crippen molar-refractivity contribution < 1.29 is 4.79 Å². The van der Waals surface area contributed by atoms with Crippen molar-refractivity contribution in [2.75, 3.05) is 0 Å². The summed E-state index contributed by atoms with van der Waals surface area (Å²) in [4.78, 5) is 13.0. The van der Waals surface area contributed by atoms with Crippen LogP contribution in [0.1, 0.15) is 69.3 Å². The maximum atomic E-state index is 13.0. The van der Waals surface area contributed by atoms with Gasteiger partial charge in [-0.3, -0.25) is 4.79 Å². The Morgan fingerprint density at radius 3 is 2.48 bits per heavy atom. The summed E-state index contributed by atoms with van der Waals surface area (Å²) in [6.07, 6.45) is 3.80. The minimum Gasteiger partial charge on any atom is -0.273 e. The molecule has 0 N–H and O–H groups in total. The molecule has 2 aromatic carbocycles. The second-order valence-corrected chi connectivity index (χ2v) is 10.4. The number of nitrogens with zero attached hydrogens (tertiary/aromatic N) is 2. The fourth-order valence-electron chi connectivity index (χ4n) is 5.40. The van der Waals surface area contributed by atoms with E-state index in [0.717, 1.165) is 17.7 Å². The lowest BCUT2D eigenvalue weighted by molar-refractivity contribution is -0.134. The van der Waals surface area contributed by atoms with E-state index in [9.17, 15) is 4.79 Å². The number of hydrogen-bond donors (Lipinski definition) is 0. The van der Waals surface area contributed by atoms with Crippen molar-refractivity contribution in [3.63, 3.8) is 0 Å². The first-order valence-corrected chi connectivity index (χ1v) is 10.7. The van der Waals surface area contributed by atoms with Gasteiger partial charge in [0.1, 0.15) is 0 Å². The van der Waals surface area contributed by atoms with Crippen molar-refractivity contribution >= 4 is 12.0 Å². The number of amides is 1. The molecule has 2 heterocycles. The Balaban J connectivity index is 1.65. The molecule has 2 aliphatic heterocycles. The molecule has 2 fully saturated rings. The van der Waals surface area contributed by atoms with Crippen LogP contribution >= 0.6 is 0 Å². The first-order chi connectivity index (χ1) is 13.7. The third-order valence-corrected chi connectivity index (χ3v) is 6.81. The van der Waals surface area contributed by atoms with Crippen LogP contribution in [0, 0.1) is 5.92 Å². The molecule has 1 amide bonds. The summed E-state index contributed by atoms with van der Waals surface area (Å²) in [5.74, 6) is 0.545. The zero-order valence-electron chi connectivity index (χ0n) is 18.1. The van der Waals surface area contributed by atoms with Crippen LogP contribution in [0.2, 0.25) is 0 Å². The fraction of sp³-hybridized carbons (Fsp3) is 0.423. The predicted octanol–water partition coefficient (Wildman–Crippen LogP) is 5.48. The highest BCUT2D eigenvalue weighted by Gasteiger charge is 2.59. The van der Waals surface area contributed by atoms with Gasteiger partial charge in [-0.25, -0.2) is 5.01 Å². The van der Waals surface area contributed by atoms with E-state index >= 15 is 0 Å². The van der Waals surface area contributed by atoms with Gasteiger partial charge >= 0.3 is 0 Å². The Hall–Kier alpha value is -2.39. The molecule has 2 saturated heterocycles. The van der Waals surface area contributed by atoms with Gasteiger partial charge < -0.3 is 0 Å². The van der Waals surface area contributed by atoms with E-state index < -0.39 is 0 Å². The van der Waals surface area contributed by atoms with Gasteiger partial charge in [0, 0.05) is 23.6 Å². The Morgan fingerprint density at radius 2 is 1.79 bits per heavy atom. The number of carbonyl (C=O) groups excluding carboxylic acids is 1. The lowest BCUT2D eigenvalue weighted by Gasteiger charge is -2.35. The molecule has 0 aromatic heterocycles. The summed E-state index contributed by atoms with van der Waals surface area (Å²) >= 11 is 0. The molecule has 29 heavy (non-hydrogen) atoms. The van der Waals surface area contributed by atoms with E-state index in [2.05, 4.69) is 88.2 Å². The Kier molecular flexibility index (Phi) is 3.89. The molecule has 0 spiro atoms. The molecule has 3 nitrogen and oxygen atoms in total. The summed E-state index contributed by atoms with van der Waals surface area (Å²) in [7, 11) is 0. The highest BCUT2D eigenvalue weighted by Crippen LogP contribution is 2.57. The molecular formula is C26H30N2O. The first-order valence-electron chi connectivity index (χ1n) is 10.7. The number of hydrogen-bond acceptors (Lipinski definition) is 2. The minimum atomic E-state index is -0.170. The normalized spacial score (nSPS) is 26.7. The molecule has 0 bridgehead atoms. The van der Waals surface area contributed by atoms with Crippen molar-refractivity contribution in [2.45, 2.75) is 64.5 Å². The molecule has 150 valence electrons. The summed E-state index contributed by atoms with van der Waals surface area (Å²) in [5.41, 5.74) is 6.52. The molecule has 3 heteroatoms. The van der Waals surface area contributed by atoms with E-state index in [1.165, 1.54) is 16.7 Å². The molecule has 2 atom stereocenters. The van der Waals surface area contributed by atoms with Crippen molar-refractivity contribution in [1.29, 1.82) is 0 Å². The maximum absolute atomic E-state index is 13.0. The van der Waals surface area contributed by atoms with Gasteiger partial charge in [0.2, 0.25) is 5.91 Å². The van der Waals surface area contributed by atoms with E-state index in [1.54, 1.807) is 0 Å². The van der Waals surface area contributed by atoms with Crippen LogP contribution in [0.3, 0.4) is 0 Å². The van der Waals surface area contributed by atoms with E-state index in [-0.39, 0.29) is 22.9 Å². The molecule has 3 aliphatic rings. The summed E-state index contributed by atoms with van der Waals surface area (Å²) in [6.45, 7) is 11.2. The van der Waals surface area contributed by atoms with E-state index in [0.29, 0.717) is 12.3 Å². The molecule has 2 unspecified atom stereocenters. The molecule has 2 aromatic rings. The summed E-state index contributed by atoms with van der Waals surface area (Å²) < 4.78 is 0. The van der Waals surface area contributed by atoms with Crippen molar-refractivity contribution in [3.8, 4) is 0 Å². The maximum Gasteiger partial charge on any atom is 0.243 e. The highest BCUT2D eigenvalue weighted by atomic mass is 16.2. The van der Waals surface area contributed by atoms with Gasteiger partial charge in [0.25, 0.3) is 0 Å². The van der Waals surface area contributed by atoms with Crippen molar-refractivity contribution in [3.05, 3.63) is 76.5 Å². The van der Waals surface area contributed by atoms with Gasteiger partial charge in [-0.2, -0.15) is 5.01 Å². The largest absolute Gasteiger partial charge is 0.273 e. The lowest BCUT2D eigenvalue weighted by atomic mass is 9.85. The lowest BCUT2D eigenvalue weighted by Crippen LogP contribution is -2.43. The van der Waals surface area contributed by atoms with Crippen LogP contribution < -0.4 is 0 Å². The number of fused-ring (bicyclic) bond motifs is 5. The zero-order chi connectivity index (χ0) is 20.6. The second-order valence-electron chi connectivity index (χ2n) is 10.4. The fourth-order valence-corrected chi connectivity index (χ4v) is 5.40. The van der Waals surface area contributed by atoms with Gasteiger partial charge in [0.05, 0.1) is 6.04 Å². The van der Waals surface area contributed by atoms with Gasteiger partial charge in [-0.05, 0) is 54.0 Å². The second kappa shape index (κ2) is 6.06. The van der Waals surface area contributed by atoms with Gasteiger partial charge in [-0.1, -0.05) is 69.3 Å². The van der Waals surface area contributed by atoms with Crippen LogP contribution in [0.15, 0.2) is 54.2 Å². The molecule has 0 radical (unpaired) electrons. The van der Waals surface area contributed by atoms with Crippen LogP contribution in [-0.4, -0.2) is 21.5 Å². The van der Waals surface area contributed by atoms with E-state index in [1.807, 2.05) is 11.1 Å². The third kappa shape index (κ3) is 2.78. The molecule has 0 saturated carbocycles.